The number of esters is 1. The molecule has 0 heterocycles. The molecule has 26 heavy (non-hydrogen) atoms. The first-order valence-electron chi connectivity index (χ1n) is 8.81. The highest BCUT2D eigenvalue weighted by Gasteiger charge is 2.27. The lowest BCUT2D eigenvalue weighted by Crippen LogP contribution is -2.21. The Labute approximate surface area is 152 Å². The molecule has 1 fully saturated rings. The molecule has 0 radical (unpaired) electrons. The third-order valence-electron chi connectivity index (χ3n) is 4.66. The Bertz CT molecular complexity index is 696. The Morgan fingerprint density at radius 1 is 1.00 bits per heavy atom. The standard InChI is InChI=1S/C20H24O6/c1-13-7-9-15(10-8-13)26-19(23)12-16(14-5-3-2-4-6-14)17(20(24)25)11-18(21)22/h7-10,14H,2-6,11-12H2,1H3,(H,21,22)(H,24,25). The second-order valence-electron chi connectivity index (χ2n) is 6.68. The quantitative estimate of drug-likeness (QED) is 0.436. The van der Waals surface area contributed by atoms with E-state index < -0.39 is 24.3 Å². The van der Waals surface area contributed by atoms with Crippen LogP contribution in [0.15, 0.2) is 35.4 Å². The first-order chi connectivity index (χ1) is 12.4. The van der Waals surface area contributed by atoms with Crippen LogP contribution in [0.3, 0.4) is 0 Å². The van der Waals surface area contributed by atoms with E-state index in [0.717, 1.165) is 37.7 Å². The van der Waals surface area contributed by atoms with Crippen LogP contribution in [0.4, 0.5) is 0 Å². The van der Waals surface area contributed by atoms with Gasteiger partial charge in [0.15, 0.2) is 0 Å². The summed E-state index contributed by atoms with van der Waals surface area (Å²) < 4.78 is 5.31. The summed E-state index contributed by atoms with van der Waals surface area (Å²) in [5.41, 5.74) is 1.24. The van der Waals surface area contributed by atoms with E-state index in [1.165, 1.54) is 0 Å². The molecule has 6 heteroatoms. The fourth-order valence-electron chi connectivity index (χ4n) is 3.36. The van der Waals surface area contributed by atoms with Crippen LogP contribution in [0.5, 0.6) is 5.75 Å². The van der Waals surface area contributed by atoms with Crippen molar-refractivity contribution in [2.24, 2.45) is 5.92 Å². The molecule has 0 aliphatic heterocycles. The number of aryl methyl sites for hydroxylation is 1. The molecular formula is C20H24O6. The Morgan fingerprint density at radius 2 is 1.62 bits per heavy atom. The number of carboxylic acids is 2. The number of hydrogen-bond acceptors (Lipinski definition) is 4. The summed E-state index contributed by atoms with van der Waals surface area (Å²) in [4.78, 5) is 35.1. The van der Waals surface area contributed by atoms with E-state index >= 15 is 0 Å². The van der Waals surface area contributed by atoms with Gasteiger partial charge < -0.3 is 14.9 Å². The Hall–Kier alpha value is -2.63. The largest absolute Gasteiger partial charge is 0.481 e. The first-order valence-corrected chi connectivity index (χ1v) is 8.81. The monoisotopic (exact) mass is 360 g/mol. The van der Waals surface area contributed by atoms with Gasteiger partial charge in [0, 0.05) is 5.57 Å². The molecule has 2 rings (SSSR count). The first kappa shape index (κ1) is 19.7. The molecule has 1 aromatic rings. The summed E-state index contributed by atoms with van der Waals surface area (Å²) >= 11 is 0. The van der Waals surface area contributed by atoms with Crippen LogP contribution in [0, 0.1) is 12.8 Å². The maximum Gasteiger partial charge on any atom is 0.332 e. The molecule has 0 spiro atoms. The van der Waals surface area contributed by atoms with Crippen LogP contribution in [0.2, 0.25) is 0 Å². The summed E-state index contributed by atoms with van der Waals surface area (Å²) in [6, 6.07) is 6.97. The van der Waals surface area contributed by atoms with E-state index in [0.29, 0.717) is 11.3 Å². The zero-order valence-electron chi connectivity index (χ0n) is 14.9. The highest BCUT2D eigenvalue weighted by atomic mass is 16.5. The third kappa shape index (κ3) is 5.72. The van der Waals surface area contributed by atoms with Crippen molar-refractivity contribution in [3.63, 3.8) is 0 Å². The van der Waals surface area contributed by atoms with Gasteiger partial charge in [0.2, 0.25) is 0 Å². The molecular weight excluding hydrogens is 336 g/mol. The second kappa shape index (κ2) is 9.17. The molecule has 140 valence electrons. The Morgan fingerprint density at radius 3 is 2.15 bits per heavy atom. The van der Waals surface area contributed by atoms with Gasteiger partial charge >= 0.3 is 17.9 Å². The average Bonchev–Trinajstić information content (AvgIpc) is 2.60. The molecule has 0 aromatic heterocycles. The Kier molecular flexibility index (Phi) is 6.95. The van der Waals surface area contributed by atoms with Crippen LogP contribution in [0.1, 0.15) is 50.5 Å². The highest BCUT2D eigenvalue weighted by Crippen LogP contribution is 2.34. The number of carbonyl (C=O) groups excluding carboxylic acids is 1. The zero-order valence-corrected chi connectivity index (χ0v) is 14.9. The van der Waals surface area contributed by atoms with Gasteiger partial charge in [-0.15, -0.1) is 0 Å². The summed E-state index contributed by atoms with van der Waals surface area (Å²) in [5.74, 6) is -2.77. The van der Waals surface area contributed by atoms with Crippen LogP contribution >= 0.6 is 0 Å². The van der Waals surface area contributed by atoms with Gasteiger partial charge in [-0.3, -0.25) is 9.59 Å². The number of aliphatic carboxylic acids is 2. The maximum absolute atomic E-state index is 12.4. The van der Waals surface area contributed by atoms with Crippen molar-refractivity contribution in [1.82, 2.24) is 0 Å². The summed E-state index contributed by atoms with van der Waals surface area (Å²) in [5, 5.41) is 18.5. The van der Waals surface area contributed by atoms with Gasteiger partial charge in [0.25, 0.3) is 0 Å². The van der Waals surface area contributed by atoms with E-state index in [1.807, 2.05) is 19.1 Å². The van der Waals surface area contributed by atoms with Crippen molar-refractivity contribution in [1.29, 1.82) is 0 Å². The molecule has 1 aliphatic carbocycles. The minimum absolute atomic E-state index is 0.0835. The maximum atomic E-state index is 12.4. The number of ether oxygens (including phenoxy) is 1. The van der Waals surface area contributed by atoms with Crippen molar-refractivity contribution in [2.45, 2.75) is 51.9 Å². The number of carboxylic acid groups (broad SMARTS) is 2. The lowest BCUT2D eigenvalue weighted by atomic mass is 9.80. The van der Waals surface area contributed by atoms with E-state index in [9.17, 15) is 19.5 Å². The van der Waals surface area contributed by atoms with Crippen molar-refractivity contribution >= 4 is 17.9 Å². The second-order valence-corrected chi connectivity index (χ2v) is 6.68. The SMILES string of the molecule is Cc1ccc(OC(=O)CC(=C(CC(=O)O)C(=O)O)C2CCCCC2)cc1. The number of hydrogen-bond donors (Lipinski definition) is 2. The minimum atomic E-state index is -1.28. The van der Waals surface area contributed by atoms with E-state index in [-0.39, 0.29) is 17.9 Å². The van der Waals surface area contributed by atoms with Crippen molar-refractivity contribution in [2.75, 3.05) is 0 Å². The fraction of sp³-hybridized carbons (Fsp3) is 0.450. The summed E-state index contributed by atoms with van der Waals surface area (Å²) in [6.45, 7) is 1.92. The van der Waals surface area contributed by atoms with Crippen LogP contribution in [0.25, 0.3) is 0 Å². The molecule has 0 amide bonds. The van der Waals surface area contributed by atoms with E-state index in [4.69, 9.17) is 9.84 Å². The van der Waals surface area contributed by atoms with Gasteiger partial charge in [-0.2, -0.15) is 0 Å². The molecule has 0 bridgehead atoms. The molecule has 6 nitrogen and oxygen atoms in total. The molecule has 1 aromatic carbocycles. The highest BCUT2D eigenvalue weighted by molar-refractivity contribution is 5.94. The average molecular weight is 360 g/mol. The van der Waals surface area contributed by atoms with Crippen molar-refractivity contribution in [3.05, 3.63) is 41.0 Å². The molecule has 0 unspecified atom stereocenters. The van der Waals surface area contributed by atoms with Gasteiger partial charge in [-0.1, -0.05) is 37.0 Å². The van der Waals surface area contributed by atoms with Crippen molar-refractivity contribution < 1.29 is 29.3 Å². The van der Waals surface area contributed by atoms with Crippen LogP contribution in [-0.2, 0) is 14.4 Å². The molecule has 0 atom stereocenters. The summed E-state index contributed by atoms with van der Waals surface area (Å²) in [7, 11) is 0. The Balaban J connectivity index is 2.24. The zero-order chi connectivity index (χ0) is 19.1. The van der Waals surface area contributed by atoms with Crippen LogP contribution in [-0.4, -0.2) is 28.1 Å². The smallest absolute Gasteiger partial charge is 0.332 e. The predicted octanol–water partition coefficient (Wildman–Crippen LogP) is 3.73. The van der Waals surface area contributed by atoms with E-state index in [1.54, 1.807) is 12.1 Å². The van der Waals surface area contributed by atoms with Gasteiger partial charge in [0.1, 0.15) is 5.75 Å². The third-order valence-corrected chi connectivity index (χ3v) is 4.66. The van der Waals surface area contributed by atoms with Gasteiger partial charge in [-0.05, 0) is 43.4 Å². The molecule has 0 saturated heterocycles. The molecule has 1 aliphatic rings. The topological polar surface area (TPSA) is 101 Å². The lowest BCUT2D eigenvalue weighted by molar-refractivity contribution is -0.140. The molecule has 2 N–H and O–H groups in total. The summed E-state index contributed by atoms with van der Waals surface area (Å²) in [6.07, 6.45) is 3.70. The lowest BCUT2D eigenvalue weighted by Gasteiger charge is -2.25. The molecule has 1 saturated carbocycles. The number of benzene rings is 1. The van der Waals surface area contributed by atoms with Crippen molar-refractivity contribution in [3.8, 4) is 5.75 Å². The van der Waals surface area contributed by atoms with E-state index in [2.05, 4.69) is 0 Å². The van der Waals surface area contributed by atoms with Crippen LogP contribution < -0.4 is 4.74 Å². The number of rotatable bonds is 7. The minimum Gasteiger partial charge on any atom is -0.481 e. The predicted molar refractivity (Wildman–Crippen MR) is 94.9 cm³/mol. The van der Waals surface area contributed by atoms with Gasteiger partial charge in [0.05, 0.1) is 12.8 Å². The fourth-order valence-corrected chi connectivity index (χ4v) is 3.36. The normalized spacial score (nSPS) is 15.9. The number of carbonyl (C=O) groups is 3. The van der Waals surface area contributed by atoms with Gasteiger partial charge in [-0.25, -0.2) is 4.79 Å².